The molecule has 0 aromatic heterocycles. The molecule has 1 saturated heterocycles. The van der Waals surface area contributed by atoms with Gasteiger partial charge in [-0.15, -0.1) is 0 Å². The number of esters is 3. The van der Waals surface area contributed by atoms with Gasteiger partial charge in [0.2, 0.25) is 0 Å². The third-order valence-corrected chi connectivity index (χ3v) is 7.10. The molecule has 7 nitrogen and oxygen atoms in total. The molecular weight excluding hydrogens is 480 g/mol. The minimum absolute atomic E-state index is 0.0560. The van der Waals surface area contributed by atoms with E-state index >= 15 is 0 Å². The summed E-state index contributed by atoms with van der Waals surface area (Å²) in [5, 5.41) is 0. The molecule has 0 unspecified atom stereocenters. The molecule has 1 heterocycles. The van der Waals surface area contributed by atoms with Crippen LogP contribution in [0.3, 0.4) is 0 Å². The molecule has 3 fully saturated rings. The number of ketones is 1. The predicted molar refractivity (Wildman–Crippen MR) is 114 cm³/mol. The molecule has 8 heteroatoms. The number of carbonyl (C=O) groups excluding carboxylic acids is 4. The van der Waals surface area contributed by atoms with E-state index in [2.05, 4.69) is 15.9 Å². The van der Waals surface area contributed by atoms with Gasteiger partial charge in [-0.05, 0) is 67.3 Å². The Balaban J connectivity index is 1.16. The molecule has 1 aliphatic heterocycles. The lowest BCUT2D eigenvalue weighted by Crippen LogP contribution is -2.34. The van der Waals surface area contributed by atoms with E-state index in [-0.39, 0.29) is 29.7 Å². The first kappa shape index (κ1) is 20.9. The van der Waals surface area contributed by atoms with Crippen molar-refractivity contribution in [1.82, 2.24) is 0 Å². The van der Waals surface area contributed by atoms with Crippen molar-refractivity contribution in [2.45, 2.75) is 18.9 Å². The van der Waals surface area contributed by atoms with Crippen LogP contribution in [0.5, 0.6) is 5.75 Å². The summed E-state index contributed by atoms with van der Waals surface area (Å²) in [5.41, 5.74) is 0.730. The SMILES string of the molecule is O=C(COC(=O)[C@@H]1[C@@H]2C[C@@H]3[C@@H]1C(=O)O[C@H]3C2)c1ccc(OC(=O)c2ccc(Br)cc2)cc1. The Morgan fingerprint density at radius 3 is 2.38 bits per heavy atom. The first-order chi connectivity index (χ1) is 15.4. The third-order valence-electron chi connectivity index (χ3n) is 6.57. The number of halogens is 1. The number of fused-ring (bicyclic) bond motifs is 1. The summed E-state index contributed by atoms with van der Waals surface area (Å²) in [5.74, 6) is -2.17. The molecule has 32 heavy (non-hydrogen) atoms. The van der Waals surface area contributed by atoms with Gasteiger partial charge in [-0.2, -0.15) is 0 Å². The zero-order valence-corrected chi connectivity index (χ0v) is 18.4. The first-order valence-electron chi connectivity index (χ1n) is 10.4. The molecule has 2 aromatic rings. The monoisotopic (exact) mass is 498 g/mol. The average Bonchev–Trinajstić information content (AvgIpc) is 3.41. The van der Waals surface area contributed by atoms with Crippen molar-refractivity contribution in [1.29, 1.82) is 0 Å². The van der Waals surface area contributed by atoms with Crippen LogP contribution in [0.2, 0.25) is 0 Å². The van der Waals surface area contributed by atoms with Crippen molar-refractivity contribution in [2.24, 2.45) is 23.7 Å². The first-order valence-corrected chi connectivity index (χ1v) is 11.2. The maximum Gasteiger partial charge on any atom is 0.343 e. The third kappa shape index (κ3) is 3.72. The lowest BCUT2D eigenvalue weighted by Gasteiger charge is -2.22. The van der Waals surface area contributed by atoms with Crippen LogP contribution in [0.15, 0.2) is 53.0 Å². The lowest BCUT2D eigenvalue weighted by atomic mass is 9.80. The summed E-state index contributed by atoms with van der Waals surface area (Å²) in [4.78, 5) is 49.3. The molecule has 164 valence electrons. The van der Waals surface area contributed by atoms with E-state index in [9.17, 15) is 19.2 Å². The zero-order valence-electron chi connectivity index (χ0n) is 16.9. The molecule has 2 aromatic carbocycles. The Kier molecular flexibility index (Phi) is 5.33. The number of hydrogen-bond acceptors (Lipinski definition) is 7. The second kappa shape index (κ2) is 8.16. The normalized spacial score (nSPS) is 27.2. The maximum absolute atomic E-state index is 12.6. The predicted octanol–water partition coefficient (Wildman–Crippen LogP) is 3.59. The maximum atomic E-state index is 12.6. The molecule has 3 aliphatic rings. The van der Waals surface area contributed by atoms with Gasteiger partial charge < -0.3 is 14.2 Å². The topological polar surface area (TPSA) is 96.0 Å². The molecule has 0 spiro atoms. The van der Waals surface area contributed by atoms with Crippen LogP contribution in [0.4, 0.5) is 0 Å². The second-order valence-electron chi connectivity index (χ2n) is 8.37. The fourth-order valence-electron chi connectivity index (χ4n) is 5.10. The number of Topliss-reactive ketones (excluding diaryl/α,β-unsaturated/α-hetero) is 1. The number of hydrogen-bond donors (Lipinski definition) is 0. The molecular formula is C24H19BrO7. The Bertz CT molecular complexity index is 1090. The molecule has 0 amide bonds. The van der Waals surface area contributed by atoms with Crippen LogP contribution < -0.4 is 4.74 Å². The fraction of sp³-hybridized carbons (Fsp3) is 0.333. The van der Waals surface area contributed by atoms with E-state index in [1.807, 2.05) is 0 Å². The molecule has 5 atom stereocenters. The van der Waals surface area contributed by atoms with E-state index < -0.39 is 30.4 Å². The smallest absolute Gasteiger partial charge is 0.343 e. The summed E-state index contributed by atoms with van der Waals surface area (Å²) >= 11 is 3.31. The summed E-state index contributed by atoms with van der Waals surface area (Å²) < 4.78 is 16.8. The van der Waals surface area contributed by atoms with Crippen LogP contribution >= 0.6 is 15.9 Å². The standard InChI is InChI=1S/C24H19BrO7/c25-15-5-1-13(2-6-15)22(27)31-16-7-3-12(4-8-16)18(26)11-30-23(28)20-14-9-17-19(10-14)32-24(29)21(17)20/h1-8,14,17,19-21H,9-11H2/t14-,17+,19+,20-,21+/m1/s1. The number of rotatable bonds is 6. The Morgan fingerprint density at radius 1 is 0.969 bits per heavy atom. The van der Waals surface area contributed by atoms with E-state index in [0.717, 1.165) is 10.9 Å². The summed E-state index contributed by atoms with van der Waals surface area (Å²) in [6.45, 7) is -0.407. The van der Waals surface area contributed by atoms with Crippen molar-refractivity contribution in [2.75, 3.05) is 6.61 Å². The Labute approximate surface area is 192 Å². The quantitative estimate of drug-likeness (QED) is 0.341. The molecule has 0 radical (unpaired) electrons. The van der Waals surface area contributed by atoms with Crippen LogP contribution in [0, 0.1) is 23.7 Å². The minimum Gasteiger partial charge on any atom is -0.462 e. The van der Waals surface area contributed by atoms with Gasteiger partial charge >= 0.3 is 17.9 Å². The van der Waals surface area contributed by atoms with Crippen molar-refractivity contribution >= 4 is 39.6 Å². The molecule has 0 N–H and O–H groups in total. The lowest BCUT2D eigenvalue weighted by molar-refractivity contribution is -0.154. The van der Waals surface area contributed by atoms with Crippen molar-refractivity contribution in [3.05, 3.63) is 64.1 Å². The highest BCUT2D eigenvalue weighted by atomic mass is 79.9. The average molecular weight is 499 g/mol. The summed E-state index contributed by atoms with van der Waals surface area (Å²) in [7, 11) is 0. The van der Waals surface area contributed by atoms with Gasteiger partial charge in [0.1, 0.15) is 11.9 Å². The van der Waals surface area contributed by atoms with E-state index in [0.29, 0.717) is 23.3 Å². The van der Waals surface area contributed by atoms with E-state index in [1.165, 1.54) is 24.3 Å². The fourth-order valence-corrected chi connectivity index (χ4v) is 5.37. The Morgan fingerprint density at radius 2 is 1.66 bits per heavy atom. The highest BCUT2D eigenvalue weighted by Gasteiger charge is 2.64. The number of benzene rings is 2. The Hall–Kier alpha value is -3.00. The van der Waals surface area contributed by atoms with Gasteiger partial charge in [-0.3, -0.25) is 14.4 Å². The highest BCUT2D eigenvalue weighted by Crippen LogP contribution is 2.57. The zero-order chi connectivity index (χ0) is 22.4. The number of ether oxygens (including phenoxy) is 3. The molecule has 5 rings (SSSR count). The van der Waals surface area contributed by atoms with E-state index in [4.69, 9.17) is 14.2 Å². The molecule has 2 bridgehead atoms. The second-order valence-corrected chi connectivity index (χ2v) is 9.29. The van der Waals surface area contributed by atoms with Crippen molar-refractivity contribution < 1.29 is 33.4 Å². The van der Waals surface area contributed by atoms with Gasteiger partial charge in [-0.25, -0.2) is 4.79 Å². The largest absolute Gasteiger partial charge is 0.462 e. The summed E-state index contributed by atoms with van der Waals surface area (Å²) in [6.07, 6.45) is 1.44. The van der Waals surface area contributed by atoms with Crippen LogP contribution in [0.25, 0.3) is 0 Å². The van der Waals surface area contributed by atoms with Gasteiger partial charge in [0.25, 0.3) is 0 Å². The van der Waals surface area contributed by atoms with Gasteiger partial charge in [0.05, 0.1) is 17.4 Å². The summed E-state index contributed by atoms with van der Waals surface area (Å²) in [6, 6.07) is 12.8. The molecule has 2 saturated carbocycles. The van der Waals surface area contributed by atoms with Gasteiger partial charge in [0.15, 0.2) is 12.4 Å². The number of carbonyl (C=O) groups is 4. The van der Waals surface area contributed by atoms with Crippen molar-refractivity contribution in [3.8, 4) is 5.75 Å². The van der Waals surface area contributed by atoms with E-state index in [1.54, 1.807) is 24.3 Å². The highest BCUT2D eigenvalue weighted by molar-refractivity contribution is 9.10. The van der Waals surface area contributed by atoms with Crippen molar-refractivity contribution in [3.63, 3.8) is 0 Å². The van der Waals surface area contributed by atoms with Crippen LogP contribution in [-0.2, 0) is 19.1 Å². The minimum atomic E-state index is -0.514. The van der Waals surface area contributed by atoms with Gasteiger partial charge in [-0.1, -0.05) is 15.9 Å². The van der Waals surface area contributed by atoms with Crippen LogP contribution in [0.1, 0.15) is 33.6 Å². The van der Waals surface area contributed by atoms with Crippen LogP contribution in [-0.4, -0.2) is 36.4 Å². The van der Waals surface area contributed by atoms with Gasteiger partial charge in [0, 0.05) is 16.0 Å². The molecule has 2 aliphatic carbocycles.